The third kappa shape index (κ3) is 1.64. The first-order valence-corrected chi connectivity index (χ1v) is 5.95. The van der Waals surface area contributed by atoms with Crippen LogP contribution in [0.5, 0.6) is 5.75 Å². The monoisotopic (exact) mass is 258 g/mol. The standard InChI is InChI=1S/C14H11ClN2O/c1-17-13-7-6-9(18)8-12(13)16-14(17)10-4-2-3-5-11(10)15/h2-8,18H,1H3. The molecule has 90 valence electrons. The number of nitrogens with zero attached hydrogens (tertiary/aromatic N) is 2. The van der Waals surface area contributed by atoms with E-state index in [1.54, 1.807) is 12.1 Å². The maximum Gasteiger partial charge on any atom is 0.142 e. The number of halogens is 1. The van der Waals surface area contributed by atoms with Crippen LogP contribution in [0.3, 0.4) is 0 Å². The van der Waals surface area contributed by atoms with Gasteiger partial charge < -0.3 is 9.67 Å². The summed E-state index contributed by atoms with van der Waals surface area (Å²) >= 11 is 6.19. The third-order valence-electron chi connectivity index (χ3n) is 2.98. The first-order chi connectivity index (χ1) is 8.66. The van der Waals surface area contributed by atoms with Crippen molar-refractivity contribution in [2.24, 2.45) is 7.05 Å². The Morgan fingerprint density at radius 1 is 1.17 bits per heavy atom. The van der Waals surface area contributed by atoms with Gasteiger partial charge in [-0.05, 0) is 24.3 Å². The van der Waals surface area contributed by atoms with Crippen molar-refractivity contribution < 1.29 is 5.11 Å². The fourth-order valence-corrected chi connectivity index (χ4v) is 2.29. The molecule has 3 nitrogen and oxygen atoms in total. The number of rotatable bonds is 1. The average Bonchev–Trinajstić information content (AvgIpc) is 2.67. The smallest absolute Gasteiger partial charge is 0.142 e. The zero-order valence-electron chi connectivity index (χ0n) is 9.76. The number of phenolic OH excluding ortho intramolecular Hbond substituents is 1. The highest BCUT2D eigenvalue weighted by atomic mass is 35.5. The van der Waals surface area contributed by atoms with Gasteiger partial charge in [-0.15, -0.1) is 0 Å². The molecular weight excluding hydrogens is 248 g/mol. The molecule has 1 N–H and O–H groups in total. The van der Waals surface area contributed by atoms with E-state index in [0.29, 0.717) is 5.02 Å². The molecule has 0 aliphatic carbocycles. The molecule has 0 radical (unpaired) electrons. The Balaban J connectivity index is 2.31. The Kier molecular flexibility index (Phi) is 2.49. The van der Waals surface area contributed by atoms with Gasteiger partial charge in [-0.1, -0.05) is 23.7 Å². The molecule has 0 aliphatic heterocycles. The van der Waals surface area contributed by atoms with Gasteiger partial charge in [0.25, 0.3) is 0 Å². The van der Waals surface area contributed by atoms with E-state index in [2.05, 4.69) is 4.98 Å². The van der Waals surface area contributed by atoms with Crippen LogP contribution in [-0.2, 0) is 7.05 Å². The summed E-state index contributed by atoms with van der Waals surface area (Å²) in [6.07, 6.45) is 0. The molecule has 0 bridgehead atoms. The number of fused-ring (bicyclic) bond motifs is 1. The van der Waals surface area contributed by atoms with Crippen LogP contribution >= 0.6 is 11.6 Å². The number of aromatic nitrogens is 2. The number of imidazole rings is 1. The van der Waals surface area contributed by atoms with Crippen molar-refractivity contribution in [3.05, 3.63) is 47.5 Å². The molecule has 2 aromatic carbocycles. The highest BCUT2D eigenvalue weighted by Crippen LogP contribution is 2.30. The van der Waals surface area contributed by atoms with Gasteiger partial charge in [-0.25, -0.2) is 4.98 Å². The van der Waals surface area contributed by atoms with Crippen molar-refractivity contribution in [3.8, 4) is 17.1 Å². The van der Waals surface area contributed by atoms with Crippen LogP contribution in [0, 0.1) is 0 Å². The number of phenols is 1. The normalized spacial score (nSPS) is 11.0. The van der Waals surface area contributed by atoms with Crippen molar-refractivity contribution in [1.82, 2.24) is 9.55 Å². The Hall–Kier alpha value is -2.00. The number of hydrogen-bond acceptors (Lipinski definition) is 2. The van der Waals surface area contributed by atoms with Crippen LogP contribution in [0.2, 0.25) is 5.02 Å². The molecule has 0 atom stereocenters. The van der Waals surface area contributed by atoms with E-state index in [4.69, 9.17) is 11.6 Å². The lowest BCUT2D eigenvalue weighted by Crippen LogP contribution is -1.92. The molecule has 0 unspecified atom stereocenters. The number of aryl methyl sites for hydroxylation is 1. The van der Waals surface area contributed by atoms with Crippen LogP contribution in [0.1, 0.15) is 0 Å². The Labute approximate surface area is 109 Å². The van der Waals surface area contributed by atoms with Crippen LogP contribution in [0.15, 0.2) is 42.5 Å². The van der Waals surface area contributed by atoms with E-state index in [-0.39, 0.29) is 5.75 Å². The molecule has 1 aromatic heterocycles. The topological polar surface area (TPSA) is 38.0 Å². The summed E-state index contributed by atoms with van der Waals surface area (Å²) in [5, 5.41) is 10.1. The lowest BCUT2D eigenvalue weighted by molar-refractivity contribution is 0.476. The van der Waals surface area contributed by atoms with E-state index in [0.717, 1.165) is 22.4 Å². The van der Waals surface area contributed by atoms with Gasteiger partial charge >= 0.3 is 0 Å². The maximum absolute atomic E-state index is 9.48. The van der Waals surface area contributed by atoms with Crippen molar-refractivity contribution in [2.75, 3.05) is 0 Å². The summed E-state index contributed by atoms with van der Waals surface area (Å²) < 4.78 is 1.97. The minimum Gasteiger partial charge on any atom is -0.508 e. The fraction of sp³-hybridized carbons (Fsp3) is 0.0714. The van der Waals surface area contributed by atoms with E-state index in [9.17, 15) is 5.11 Å². The van der Waals surface area contributed by atoms with E-state index in [1.807, 2.05) is 41.9 Å². The summed E-state index contributed by atoms with van der Waals surface area (Å²) in [5.41, 5.74) is 2.60. The lowest BCUT2D eigenvalue weighted by atomic mass is 10.2. The maximum atomic E-state index is 9.48. The van der Waals surface area contributed by atoms with Crippen molar-refractivity contribution in [1.29, 1.82) is 0 Å². The third-order valence-corrected chi connectivity index (χ3v) is 3.31. The van der Waals surface area contributed by atoms with Crippen LogP contribution in [-0.4, -0.2) is 14.7 Å². The Morgan fingerprint density at radius 3 is 2.72 bits per heavy atom. The van der Waals surface area contributed by atoms with E-state index in [1.165, 1.54) is 0 Å². The molecule has 0 aliphatic rings. The summed E-state index contributed by atoms with van der Waals surface area (Å²) in [5.74, 6) is 1.01. The molecule has 1 heterocycles. The molecule has 0 saturated carbocycles. The first kappa shape index (κ1) is 11.1. The quantitative estimate of drug-likeness (QED) is 0.724. The van der Waals surface area contributed by atoms with Gasteiger partial charge in [0.2, 0.25) is 0 Å². The molecule has 4 heteroatoms. The summed E-state index contributed by atoms with van der Waals surface area (Å²) in [7, 11) is 1.94. The van der Waals surface area contributed by atoms with E-state index < -0.39 is 0 Å². The van der Waals surface area contributed by atoms with E-state index >= 15 is 0 Å². The molecule has 3 aromatic rings. The number of benzene rings is 2. The predicted molar refractivity (Wildman–Crippen MR) is 72.8 cm³/mol. The van der Waals surface area contributed by atoms with Gasteiger partial charge in [-0.2, -0.15) is 0 Å². The molecular formula is C14H11ClN2O. The molecule has 0 amide bonds. The molecule has 18 heavy (non-hydrogen) atoms. The minimum absolute atomic E-state index is 0.214. The zero-order chi connectivity index (χ0) is 12.7. The molecule has 3 rings (SSSR count). The van der Waals surface area contributed by atoms with Crippen LogP contribution < -0.4 is 0 Å². The van der Waals surface area contributed by atoms with Crippen molar-refractivity contribution >= 4 is 22.6 Å². The van der Waals surface area contributed by atoms with Crippen molar-refractivity contribution in [2.45, 2.75) is 0 Å². The van der Waals surface area contributed by atoms with Crippen LogP contribution in [0.25, 0.3) is 22.4 Å². The summed E-state index contributed by atoms with van der Waals surface area (Å²) in [6, 6.07) is 12.7. The molecule has 0 spiro atoms. The van der Waals surface area contributed by atoms with Gasteiger partial charge in [0.1, 0.15) is 11.6 Å². The largest absolute Gasteiger partial charge is 0.508 e. The highest BCUT2D eigenvalue weighted by Gasteiger charge is 2.12. The fourth-order valence-electron chi connectivity index (χ4n) is 2.07. The number of hydrogen-bond donors (Lipinski definition) is 1. The highest BCUT2D eigenvalue weighted by molar-refractivity contribution is 6.33. The van der Waals surface area contributed by atoms with Gasteiger partial charge in [0.15, 0.2) is 0 Å². The zero-order valence-corrected chi connectivity index (χ0v) is 10.5. The SMILES string of the molecule is Cn1c(-c2ccccc2Cl)nc2cc(O)ccc21. The van der Waals surface area contributed by atoms with Crippen molar-refractivity contribution in [3.63, 3.8) is 0 Å². The van der Waals surface area contributed by atoms with Gasteiger partial charge in [0.05, 0.1) is 16.1 Å². The second-order valence-electron chi connectivity index (χ2n) is 4.15. The summed E-state index contributed by atoms with van der Waals surface area (Å²) in [6.45, 7) is 0. The Morgan fingerprint density at radius 2 is 1.94 bits per heavy atom. The predicted octanol–water partition coefficient (Wildman–Crippen LogP) is 3.60. The van der Waals surface area contributed by atoms with Gasteiger partial charge in [0, 0.05) is 18.7 Å². The second kappa shape index (κ2) is 4.03. The van der Waals surface area contributed by atoms with Crippen LogP contribution in [0.4, 0.5) is 0 Å². The second-order valence-corrected chi connectivity index (χ2v) is 4.55. The summed E-state index contributed by atoms with van der Waals surface area (Å²) in [4.78, 5) is 4.52. The molecule has 0 saturated heterocycles. The molecule has 0 fully saturated rings. The lowest BCUT2D eigenvalue weighted by Gasteiger charge is -2.04. The Bertz CT molecular complexity index is 734. The minimum atomic E-state index is 0.214. The van der Waals surface area contributed by atoms with Gasteiger partial charge in [-0.3, -0.25) is 0 Å². The first-order valence-electron chi connectivity index (χ1n) is 5.57. The average molecular weight is 259 g/mol. The number of aromatic hydroxyl groups is 1.